The van der Waals surface area contributed by atoms with E-state index in [1.54, 1.807) is 11.3 Å². The fourth-order valence-corrected chi connectivity index (χ4v) is 2.31. The van der Waals surface area contributed by atoms with Crippen LogP contribution in [0.1, 0.15) is 24.1 Å². The molecule has 2 rings (SSSR count). The van der Waals surface area contributed by atoms with Crippen molar-refractivity contribution in [2.75, 3.05) is 25.5 Å². The van der Waals surface area contributed by atoms with Gasteiger partial charge in [-0.1, -0.05) is 12.8 Å². The SMILES string of the molecule is CN(C)c1ncc(CNCCC2CC2)s1. The molecule has 84 valence electrons. The van der Waals surface area contributed by atoms with Crippen molar-refractivity contribution in [3.8, 4) is 0 Å². The van der Waals surface area contributed by atoms with Crippen LogP contribution in [-0.2, 0) is 6.54 Å². The first kappa shape index (κ1) is 10.9. The Morgan fingerprint density at radius 2 is 2.33 bits per heavy atom. The smallest absolute Gasteiger partial charge is 0.185 e. The van der Waals surface area contributed by atoms with Crippen molar-refractivity contribution >= 4 is 16.5 Å². The zero-order valence-corrected chi connectivity index (χ0v) is 10.3. The van der Waals surface area contributed by atoms with Gasteiger partial charge in [-0.05, 0) is 18.9 Å². The molecular weight excluding hydrogens is 206 g/mol. The first-order chi connectivity index (χ1) is 7.25. The van der Waals surface area contributed by atoms with Gasteiger partial charge in [-0.15, -0.1) is 11.3 Å². The molecule has 1 fully saturated rings. The summed E-state index contributed by atoms with van der Waals surface area (Å²) in [5.74, 6) is 1.02. The molecule has 1 heterocycles. The Kier molecular flexibility index (Phi) is 3.59. The van der Waals surface area contributed by atoms with Gasteiger partial charge in [0.15, 0.2) is 5.13 Å². The molecule has 0 bridgehead atoms. The quantitative estimate of drug-likeness (QED) is 0.752. The van der Waals surface area contributed by atoms with Crippen LogP contribution >= 0.6 is 11.3 Å². The molecule has 1 saturated carbocycles. The highest BCUT2D eigenvalue weighted by molar-refractivity contribution is 7.15. The second-order valence-electron chi connectivity index (χ2n) is 4.41. The van der Waals surface area contributed by atoms with Crippen molar-refractivity contribution in [1.29, 1.82) is 0 Å². The molecule has 15 heavy (non-hydrogen) atoms. The molecule has 0 atom stereocenters. The maximum absolute atomic E-state index is 4.35. The van der Waals surface area contributed by atoms with Gasteiger partial charge in [0, 0.05) is 31.7 Å². The van der Waals surface area contributed by atoms with Gasteiger partial charge in [-0.25, -0.2) is 4.98 Å². The molecular formula is C11H19N3S. The number of hydrogen-bond acceptors (Lipinski definition) is 4. The molecule has 4 heteroatoms. The van der Waals surface area contributed by atoms with Crippen LogP contribution in [0, 0.1) is 5.92 Å². The van der Waals surface area contributed by atoms with E-state index < -0.39 is 0 Å². The summed E-state index contributed by atoms with van der Waals surface area (Å²) < 4.78 is 0. The van der Waals surface area contributed by atoms with Crippen LogP contribution in [0.4, 0.5) is 5.13 Å². The Labute approximate surface area is 95.5 Å². The lowest BCUT2D eigenvalue weighted by Crippen LogP contribution is -2.14. The van der Waals surface area contributed by atoms with Crippen molar-refractivity contribution in [1.82, 2.24) is 10.3 Å². The summed E-state index contributed by atoms with van der Waals surface area (Å²) in [6.07, 6.45) is 6.23. The summed E-state index contributed by atoms with van der Waals surface area (Å²) in [5, 5.41) is 4.57. The van der Waals surface area contributed by atoms with E-state index in [0.717, 1.165) is 24.1 Å². The lowest BCUT2D eigenvalue weighted by molar-refractivity contribution is 0.616. The monoisotopic (exact) mass is 225 g/mol. The van der Waals surface area contributed by atoms with Crippen molar-refractivity contribution in [2.45, 2.75) is 25.8 Å². The third kappa shape index (κ3) is 3.47. The third-order valence-corrected chi connectivity index (χ3v) is 3.81. The van der Waals surface area contributed by atoms with Crippen molar-refractivity contribution < 1.29 is 0 Å². The molecule has 1 aliphatic carbocycles. The van der Waals surface area contributed by atoms with Crippen LogP contribution in [0.15, 0.2) is 6.20 Å². The topological polar surface area (TPSA) is 28.2 Å². The first-order valence-corrected chi connectivity index (χ1v) is 6.40. The molecule has 0 aliphatic heterocycles. The molecule has 1 aromatic heterocycles. The van der Waals surface area contributed by atoms with E-state index in [1.807, 2.05) is 20.3 Å². The number of thiazole rings is 1. The third-order valence-electron chi connectivity index (χ3n) is 2.65. The highest BCUT2D eigenvalue weighted by Gasteiger charge is 2.19. The van der Waals surface area contributed by atoms with Crippen LogP contribution in [0.25, 0.3) is 0 Å². The maximum Gasteiger partial charge on any atom is 0.185 e. The summed E-state index contributed by atoms with van der Waals surface area (Å²) in [6, 6.07) is 0. The summed E-state index contributed by atoms with van der Waals surface area (Å²) in [6.45, 7) is 2.12. The predicted molar refractivity (Wildman–Crippen MR) is 65.5 cm³/mol. The van der Waals surface area contributed by atoms with Crippen molar-refractivity contribution in [3.05, 3.63) is 11.1 Å². The number of nitrogens with one attached hydrogen (secondary N) is 1. The van der Waals surface area contributed by atoms with Crippen LogP contribution in [0.3, 0.4) is 0 Å². The van der Waals surface area contributed by atoms with E-state index in [-0.39, 0.29) is 0 Å². The largest absolute Gasteiger partial charge is 0.354 e. The van der Waals surface area contributed by atoms with Gasteiger partial charge in [0.2, 0.25) is 0 Å². The van der Waals surface area contributed by atoms with Gasteiger partial charge in [0.25, 0.3) is 0 Å². The van der Waals surface area contributed by atoms with E-state index >= 15 is 0 Å². The minimum Gasteiger partial charge on any atom is -0.354 e. The van der Waals surface area contributed by atoms with E-state index in [4.69, 9.17) is 0 Å². The Hall–Kier alpha value is -0.610. The average molecular weight is 225 g/mol. The highest BCUT2D eigenvalue weighted by Crippen LogP contribution is 2.31. The molecule has 0 spiro atoms. The number of anilines is 1. The van der Waals surface area contributed by atoms with Gasteiger partial charge < -0.3 is 10.2 Å². The predicted octanol–water partition coefficient (Wildman–Crippen LogP) is 2.10. The van der Waals surface area contributed by atoms with Crippen LogP contribution in [0.2, 0.25) is 0 Å². The molecule has 0 saturated heterocycles. The molecule has 1 aliphatic rings. The first-order valence-electron chi connectivity index (χ1n) is 5.58. The van der Waals surface area contributed by atoms with Crippen molar-refractivity contribution in [3.63, 3.8) is 0 Å². The van der Waals surface area contributed by atoms with Crippen LogP contribution in [0.5, 0.6) is 0 Å². The highest BCUT2D eigenvalue weighted by atomic mass is 32.1. The summed E-state index contributed by atoms with van der Waals surface area (Å²) >= 11 is 1.77. The molecule has 1 aromatic rings. The minimum atomic E-state index is 0.970. The fraction of sp³-hybridized carbons (Fsp3) is 0.727. The lowest BCUT2D eigenvalue weighted by Gasteiger charge is -2.05. The maximum atomic E-state index is 4.35. The van der Waals surface area contributed by atoms with Gasteiger partial charge >= 0.3 is 0 Å². The molecule has 0 radical (unpaired) electrons. The zero-order chi connectivity index (χ0) is 10.7. The van der Waals surface area contributed by atoms with Gasteiger partial charge in [-0.2, -0.15) is 0 Å². The standard InChI is InChI=1S/C11H19N3S/c1-14(2)11-13-8-10(15-11)7-12-6-5-9-3-4-9/h8-9,12H,3-7H2,1-2H3. The zero-order valence-electron chi connectivity index (χ0n) is 9.49. The van der Waals surface area contributed by atoms with Crippen LogP contribution in [-0.4, -0.2) is 25.6 Å². The van der Waals surface area contributed by atoms with Gasteiger partial charge in [0.1, 0.15) is 0 Å². The fourth-order valence-electron chi connectivity index (χ4n) is 1.51. The Balaban J connectivity index is 1.67. The van der Waals surface area contributed by atoms with E-state index in [1.165, 1.54) is 24.1 Å². The summed E-state index contributed by atoms with van der Waals surface area (Å²) in [5.41, 5.74) is 0. The Morgan fingerprint density at radius 1 is 1.53 bits per heavy atom. The Morgan fingerprint density at radius 3 is 2.93 bits per heavy atom. The number of rotatable bonds is 6. The van der Waals surface area contributed by atoms with E-state index in [2.05, 4.69) is 15.2 Å². The molecule has 0 aromatic carbocycles. The number of hydrogen-bond donors (Lipinski definition) is 1. The number of aromatic nitrogens is 1. The Bertz CT molecular complexity index is 305. The molecule has 3 nitrogen and oxygen atoms in total. The van der Waals surface area contributed by atoms with Gasteiger partial charge in [0.05, 0.1) is 0 Å². The average Bonchev–Trinajstić information content (AvgIpc) is 2.90. The number of nitrogens with zero attached hydrogens (tertiary/aromatic N) is 2. The molecule has 0 unspecified atom stereocenters. The lowest BCUT2D eigenvalue weighted by atomic mass is 10.3. The van der Waals surface area contributed by atoms with Crippen molar-refractivity contribution in [2.24, 2.45) is 5.92 Å². The molecule has 0 amide bonds. The van der Waals surface area contributed by atoms with E-state index in [0.29, 0.717) is 0 Å². The summed E-state index contributed by atoms with van der Waals surface area (Å²) in [4.78, 5) is 7.73. The summed E-state index contributed by atoms with van der Waals surface area (Å²) in [7, 11) is 4.06. The molecule has 1 N–H and O–H groups in total. The normalized spacial score (nSPS) is 15.6. The van der Waals surface area contributed by atoms with Gasteiger partial charge in [-0.3, -0.25) is 0 Å². The van der Waals surface area contributed by atoms with Crippen LogP contribution < -0.4 is 10.2 Å². The second-order valence-corrected chi connectivity index (χ2v) is 5.51. The van der Waals surface area contributed by atoms with E-state index in [9.17, 15) is 0 Å². The second kappa shape index (κ2) is 4.94. The minimum absolute atomic E-state index is 0.970.